The summed E-state index contributed by atoms with van der Waals surface area (Å²) in [5.41, 5.74) is 1.29. The molecule has 1 atom stereocenters. The summed E-state index contributed by atoms with van der Waals surface area (Å²) in [6.07, 6.45) is 5.61. The van der Waals surface area contributed by atoms with Gasteiger partial charge in [0.25, 0.3) is 0 Å². The third-order valence-corrected chi connectivity index (χ3v) is 3.41. The van der Waals surface area contributed by atoms with Crippen molar-refractivity contribution in [1.82, 2.24) is 0 Å². The van der Waals surface area contributed by atoms with E-state index >= 15 is 0 Å². The lowest BCUT2D eigenvalue weighted by Gasteiger charge is -2.09. The highest BCUT2D eigenvalue weighted by atomic mass is 16.5. The third kappa shape index (κ3) is 5.43. The fourth-order valence-corrected chi connectivity index (χ4v) is 2.33. The second-order valence-electron chi connectivity index (χ2n) is 4.98. The fraction of sp³-hybridized carbons (Fsp3) is 0.562. The van der Waals surface area contributed by atoms with E-state index in [1.807, 2.05) is 18.2 Å². The summed E-state index contributed by atoms with van der Waals surface area (Å²) in [6, 6.07) is 10.3. The topological polar surface area (TPSA) is 35.5 Å². The largest absolute Gasteiger partial charge is 0.466 e. The van der Waals surface area contributed by atoms with Gasteiger partial charge in [-0.3, -0.25) is 4.79 Å². The molecule has 3 heteroatoms. The van der Waals surface area contributed by atoms with Gasteiger partial charge in [0.1, 0.15) is 0 Å². The van der Waals surface area contributed by atoms with Gasteiger partial charge in [-0.05, 0) is 37.7 Å². The van der Waals surface area contributed by atoms with Crippen LogP contribution in [0.5, 0.6) is 0 Å². The van der Waals surface area contributed by atoms with E-state index in [9.17, 15) is 4.79 Å². The maximum Gasteiger partial charge on any atom is 0.305 e. The summed E-state index contributed by atoms with van der Waals surface area (Å²) in [5, 5.41) is 0. The molecule has 0 amide bonds. The van der Waals surface area contributed by atoms with Gasteiger partial charge in [0.15, 0.2) is 0 Å². The number of hydrogen-bond acceptors (Lipinski definition) is 3. The Labute approximate surface area is 114 Å². The molecule has 2 rings (SSSR count). The molecule has 19 heavy (non-hydrogen) atoms. The zero-order valence-electron chi connectivity index (χ0n) is 11.3. The van der Waals surface area contributed by atoms with Crippen LogP contribution in [0.3, 0.4) is 0 Å². The SMILES string of the molecule is O=C(CCC1CCCO1)OCCCc1ccccc1. The van der Waals surface area contributed by atoms with Gasteiger partial charge >= 0.3 is 5.97 Å². The van der Waals surface area contributed by atoms with Gasteiger partial charge in [-0.2, -0.15) is 0 Å². The minimum atomic E-state index is -0.0939. The Morgan fingerprint density at radius 3 is 2.89 bits per heavy atom. The van der Waals surface area contributed by atoms with Crippen molar-refractivity contribution in [3.8, 4) is 0 Å². The van der Waals surface area contributed by atoms with E-state index < -0.39 is 0 Å². The van der Waals surface area contributed by atoms with Crippen LogP contribution in [-0.4, -0.2) is 25.3 Å². The summed E-state index contributed by atoms with van der Waals surface area (Å²) in [7, 11) is 0. The second-order valence-corrected chi connectivity index (χ2v) is 4.98. The lowest BCUT2D eigenvalue weighted by atomic mass is 10.1. The summed E-state index contributed by atoms with van der Waals surface area (Å²) >= 11 is 0. The highest BCUT2D eigenvalue weighted by Crippen LogP contribution is 2.17. The van der Waals surface area contributed by atoms with E-state index in [0.29, 0.717) is 13.0 Å². The quantitative estimate of drug-likeness (QED) is 0.559. The third-order valence-electron chi connectivity index (χ3n) is 3.41. The zero-order chi connectivity index (χ0) is 13.3. The normalized spacial score (nSPS) is 18.4. The summed E-state index contributed by atoms with van der Waals surface area (Å²) in [6.45, 7) is 1.36. The Bertz CT molecular complexity index is 369. The van der Waals surface area contributed by atoms with E-state index in [-0.39, 0.29) is 12.1 Å². The van der Waals surface area contributed by atoms with Gasteiger partial charge in [-0.25, -0.2) is 0 Å². The molecule has 1 aliphatic rings. The van der Waals surface area contributed by atoms with Crippen LogP contribution in [0.1, 0.15) is 37.7 Å². The molecule has 0 bridgehead atoms. The van der Waals surface area contributed by atoms with Crippen LogP contribution >= 0.6 is 0 Å². The lowest BCUT2D eigenvalue weighted by molar-refractivity contribution is -0.144. The van der Waals surface area contributed by atoms with Crippen molar-refractivity contribution < 1.29 is 14.3 Å². The average molecular weight is 262 g/mol. The van der Waals surface area contributed by atoms with E-state index in [0.717, 1.165) is 38.7 Å². The molecule has 0 aliphatic carbocycles. The van der Waals surface area contributed by atoms with Crippen molar-refractivity contribution in [2.75, 3.05) is 13.2 Å². The number of carbonyl (C=O) groups is 1. The second kappa shape index (κ2) is 7.95. The molecular weight excluding hydrogens is 240 g/mol. The minimum Gasteiger partial charge on any atom is -0.466 e. The van der Waals surface area contributed by atoms with E-state index in [4.69, 9.17) is 9.47 Å². The molecule has 0 aromatic heterocycles. The zero-order valence-corrected chi connectivity index (χ0v) is 11.3. The molecule has 1 unspecified atom stereocenters. The molecular formula is C16H22O3. The van der Waals surface area contributed by atoms with Crippen molar-refractivity contribution in [3.05, 3.63) is 35.9 Å². The number of carbonyl (C=O) groups excluding carboxylic acids is 1. The monoisotopic (exact) mass is 262 g/mol. The molecule has 1 aliphatic heterocycles. The molecule has 1 aromatic carbocycles. The van der Waals surface area contributed by atoms with Gasteiger partial charge in [0.05, 0.1) is 12.7 Å². The van der Waals surface area contributed by atoms with Crippen LogP contribution in [-0.2, 0) is 20.7 Å². The Morgan fingerprint density at radius 2 is 2.16 bits per heavy atom. The minimum absolute atomic E-state index is 0.0939. The number of rotatable bonds is 7. The average Bonchev–Trinajstić information content (AvgIpc) is 2.96. The Morgan fingerprint density at radius 1 is 1.32 bits per heavy atom. The number of esters is 1. The van der Waals surface area contributed by atoms with E-state index in [1.54, 1.807) is 0 Å². The van der Waals surface area contributed by atoms with Crippen LogP contribution < -0.4 is 0 Å². The van der Waals surface area contributed by atoms with Gasteiger partial charge in [-0.1, -0.05) is 30.3 Å². The molecule has 3 nitrogen and oxygen atoms in total. The number of aryl methyl sites for hydroxylation is 1. The van der Waals surface area contributed by atoms with Gasteiger partial charge in [-0.15, -0.1) is 0 Å². The van der Waals surface area contributed by atoms with Crippen molar-refractivity contribution in [3.63, 3.8) is 0 Å². The highest BCUT2D eigenvalue weighted by molar-refractivity contribution is 5.69. The van der Waals surface area contributed by atoms with E-state index in [2.05, 4.69) is 12.1 Å². The summed E-state index contributed by atoms with van der Waals surface area (Å²) in [5.74, 6) is -0.0939. The summed E-state index contributed by atoms with van der Waals surface area (Å²) in [4.78, 5) is 11.5. The van der Waals surface area contributed by atoms with Gasteiger partial charge in [0, 0.05) is 13.0 Å². The first-order valence-corrected chi connectivity index (χ1v) is 7.16. The van der Waals surface area contributed by atoms with Crippen LogP contribution in [0, 0.1) is 0 Å². The molecule has 0 radical (unpaired) electrons. The van der Waals surface area contributed by atoms with E-state index in [1.165, 1.54) is 5.56 Å². The van der Waals surface area contributed by atoms with Crippen LogP contribution in [0.15, 0.2) is 30.3 Å². The lowest BCUT2D eigenvalue weighted by Crippen LogP contribution is -2.11. The number of hydrogen-bond donors (Lipinski definition) is 0. The van der Waals surface area contributed by atoms with Gasteiger partial charge in [0.2, 0.25) is 0 Å². The fourth-order valence-electron chi connectivity index (χ4n) is 2.33. The molecule has 1 aromatic rings. The predicted octanol–water partition coefficient (Wildman–Crippen LogP) is 3.12. The summed E-state index contributed by atoms with van der Waals surface area (Å²) < 4.78 is 10.7. The molecule has 104 valence electrons. The van der Waals surface area contributed by atoms with Gasteiger partial charge < -0.3 is 9.47 Å². The molecule has 1 heterocycles. The standard InChI is InChI=1S/C16H22O3/c17-16(11-10-15-9-5-12-18-15)19-13-4-8-14-6-2-1-3-7-14/h1-3,6-7,15H,4-5,8-13H2. The van der Waals surface area contributed by atoms with Crippen molar-refractivity contribution in [2.24, 2.45) is 0 Å². The van der Waals surface area contributed by atoms with Crippen LogP contribution in [0.4, 0.5) is 0 Å². The smallest absolute Gasteiger partial charge is 0.305 e. The molecule has 0 spiro atoms. The molecule has 0 N–H and O–H groups in total. The predicted molar refractivity (Wildman–Crippen MR) is 73.9 cm³/mol. The van der Waals surface area contributed by atoms with Crippen molar-refractivity contribution >= 4 is 5.97 Å². The Kier molecular flexibility index (Phi) is 5.89. The Hall–Kier alpha value is -1.35. The molecule has 1 fully saturated rings. The maximum atomic E-state index is 11.5. The van der Waals surface area contributed by atoms with Crippen molar-refractivity contribution in [2.45, 2.75) is 44.6 Å². The Balaban J connectivity index is 1.51. The molecule has 0 saturated carbocycles. The first kappa shape index (κ1) is 14.1. The van der Waals surface area contributed by atoms with Crippen molar-refractivity contribution in [1.29, 1.82) is 0 Å². The number of benzene rings is 1. The first-order chi connectivity index (χ1) is 9.34. The van der Waals surface area contributed by atoms with Crippen LogP contribution in [0.25, 0.3) is 0 Å². The van der Waals surface area contributed by atoms with Crippen LogP contribution in [0.2, 0.25) is 0 Å². The highest BCUT2D eigenvalue weighted by Gasteiger charge is 2.16. The first-order valence-electron chi connectivity index (χ1n) is 7.16. The maximum absolute atomic E-state index is 11.5. The number of ether oxygens (including phenoxy) is 2. The molecule has 1 saturated heterocycles.